The SMILES string of the molecule is C=CCc1c(C)nc(SCC(=O)NC2Cc3ccccc3C2)[nH]c1=O. The van der Waals surface area contributed by atoms with Gasteiger partial charge in [-0.1, -0.05) is 42.1 Å². The summed E-state index contributed by atoms with van der Waals surface area (Å²) in [5, 5.41) is 3.54. The maximum Gasteiger partial charge on any atom is 0.255 e. The van der Waals surface area contributed by atoms with E-state index in [4.69, 9.17) is 0 Å². The van der Waals surface area contributed by atoms with Crippen molar-refractivity contribution in [1.29, 1.82) is 0 Å². The molecule has 1 aromatic carbocycles. The minimum absolute atomic E-state index is 0.0433. The lowest BCUT2D eigenvalue weighted by Gasteiger charge is -2.12. The van der Waals surface area contributed by atoms with Gasteiger partial charge in [0.2, 0.25) is 5.91 Å². The number of thioether (sulfide) groups is 1. The van der Waals surface area contributed by atoms with Gasteiger partial charge < -0.3 is 10.3 Å². The quantitative estimate of drug-likeness (QED) is 0.473. The first-order chi connectivity index (χ1) is 12.1. The van der Waals surface area contributed by atoms with Crippen LogP contribution in [0.15, 0.2) is 46.9 Å². The van der Waals surface area contributed by atoms with Crippen LogP contribution in [0.2, 0.25) is 0 Å². The van der Waals surface area contributed by atoms with Gasteiger partial charge in [0.05, 0.1) is 5.75 Å². The number of carbonyl (C=O) groups excluding carboxylic acids is 1. The van der Waals surface area contributed by atoms with Gasteiger partial charge in [-0.3, -0.25) is 9.59 Å². The molecule has 2 aromatic rings. The van der Waals surface area contributed by atoms with Crippen molar-refractivity contribution in [3.63, 3.8) is 0 Å². The number of aryl methyl sites for hydroxylation is 1. The number of rotatable bonds is 6. The summed E-state index contributed by atoms with van der Waals surface area (Å²) in [5.41, 5.74) is 3.74. The number of allylic oxidation sites excluding steroid dienone is 1. The Morgan fingerprint density at radius 2 is 2.08 bits per heavy atom. The predicted octanol–water partition coefficient (Wildman–Crippen LogP) is 2.18. The average molecular weight is 355 g/mol. The number of nitrogens with zero attached hydrogens (tertiary/aromatic N) is 1. The third kappa shape index (κ3) is 4.20. The molecule has 2 N–H and O–H groups in total. The number of aromatic nitrogens is 2. The molecular weight excluding hydrogens is 334 g/mol. The molecule has 1 heterocycles. The Balaban J connectivity index is 1.55. The van der Waals surface area contributed by atoms with Crippen molar-refractivity contribution < 1.29 is 4.79 Å². The predicted molar refractivity (Wildman–Crippen MR) is 100 cm³/mol. The molecule has 1 aliphatic carbocycles. The summed E-state index contributed by atoms with van der Waals surface area (Å²) in [6.07, 6.45) is 3.91. The monoisotopic (exact) mass is 355 g/mol. The summed E-state index contributed by atoms with van der Waals surface area (Å²) < 4.78 is 0. The number of aromatic amines is 1. The number of benzene rings is 1. The second-order valence-corrected chi connectivity index (χ2v) is 7.12. The molecule has 0 fully saturated rings. The van der Waals surface area contributed by atoms with Crippen molar-refractivity contribution in [3.05, 3.63) is 69.7 Å². The van der Waals surface area contributed by atoms with Gasteiger partial charge in [0.1, 0.15) is 0 Å². The molecule has 1 aliphatic rings. The molecule has 6 heteroatoms. The second kappa shape index (κ2) is 7.70. The molecule has 5 nitrogen and oxygen atoms in total. The highest BCUT2D eigenvalue weighted by Crippen LogP contribution is 2.22. The molecule has 0 radical (unpaired) electrons. The molecule has 25 heavy (non-hydrogen) atoms. The topological polar surface area (TPSA) is 74.8 Å². The number of amides is 1. The van der Waals surface area contributed by atoms with Crippen molar-refractivity contribution in [2.45, 2.75) is 37.4 Å². The lowest BCUT2D eigenvalue weighted by atomic mass is 10.1. The van der Waals surface area contributed by atoms with Crippen molar-refractivity contribution in [3.8, 4) is 0 Å². The van der Waals surface area contributed by atoms with Crippen LogP contribution < -0.4 is 10.9 Å². The fourth-order valence-corrected chi connectivity index (χ4v) is 3.82. The normalized spacial score (nSPS) is 13.5. The van der Waals surface area contributed by atoms with Gasteiger partial charge in [-0.05, 0) is 37.3 Å². The number of fused-ring (bicyclic) bond motifs is 1. The molecule has 0 aliphatic heterocycles. The minimum Gasteiger partial charge on any atom is -0.352 e. The first-order valence-corrected chi connectivity index (χ1v) is 9.25. The van der Waals surface area contributed by atoms with Crippen LogP contribution in [0.4, 0.5) is 0 Å². The highest BCUT2D eigenvalue weighted by atomic mass is 32.2. The number of H-pyrrole nitrogens is 1. The Bertz CT molecular complexity index is 835. The Morgan fingerprint density at radius 3 is 2.68 bits per heavy atom. The van der Waals surface area contributed by atoms with Crippen LogP contribution >= 0.6 is 11.8 Å². The highest BCUT2D eigenvalue weighted by Gasteiger charge is 2.22. The largest absolute Gasteiger partial charge is 0.352 e. The van der Waals surface area contributed by atoms with Gasteiger partial charge in [-0.25, -0.2) is 4.98 Å². The average Bonchev–Trinajstić information content (AvgIpc) is 2.98. The van der Waals surface area contributed by atoms with E-state index in [1.54, 1.807) is 13.0 Å². The summed E-state index contributed by atoms with van der Waals surface area (Å²) in [4.78, 5) is 31.3. The van der Waals surface area contributed by atoms with Gasteiger partial charge in [0, 0.05) is 17.3 Å². The Hall–Kier alpha value is -2.34. The van der Waals surface area contributed by atoms with Gasteiger partial charge in [-0.15, -0.1) is 6.58 Å². The summed E-state index contributed by atoms with van der Waals surface area (Å²) in [6, 6.07) is 8.42. The summed E-state index contributed by atoms with van der Waals surface area (Å²) in [7, 11) is 0. The van der Waals surface area contributed by atoms with E-state index in [1.165, 1.54) is 22.9 Å². The Kier molecular flexibility index (Phi) is 5.38. The number of carbonyl (C=O) groups is 1. The maximum atomic E-state index is 12.2. The summed E-state index contributed by atoms with van der Waals surface area (Å²) >= 11 is 1.25. The fourth-order valence-electron chi connectivity index (χ4n) is 3.10. The van der Waals surface area contributed by atoms with E-state index in [9.17, 15) is 9.59 Å². The maximum absolute atomic E-state index is 12.2. The van der Waals surface area contributed by atoms with Gasteiger partial charge >= 0.3 is 0 Å². The van der Waals surface area contributed by atoms with E-state index < -0.39 is 0 Å². The van der Waals surface area contributed by atoms with E-state index in [0.717, 1.165) is 12.8 Å². The van der Waals surface area contributed by atoms with Crippen LogP contribution in [0, 0.1) is 6.92 Å². The van der Waals surface area contributed by atoms with Crippen LogP contribution in [0.1, 0.15) is 22.4 Å². The molecule has 1 amide bonds. The van der Waals surface area contributed by atoms with Crippen molar-refractivity contribution in [2.75, 3.05) is 5.75 Å². The molecule has 0 spiro atoms. The number of nitrogens with one attached hydrogen (secondary N) is 2. The molecule has 1 aromatic heterocycles. The molecule has 130 valence electrons. The zero-order chi connectivity index (χ0) is 17.8. The first kappa shape index (κ1) is 17.5. The standard InChI is InChI=1S/C19H21N3O2S/c1-3-6-16-12(2)20-19(22-18(16)24)25-11-17(23)21-15-9-13-7-4-5-8-14(13)10-15/h3-5,7-8,15H,1,6,9-11H2,2H3,(H,21,23)(H,20,22,24). The van der Waals surface area contributed by atoms with Crippen LogP contribution in [0.25, 0.3) is 0 Å². The van der Waals surface area contributed by atoms with Crippen molar-refractivity contribution >= 4 is 17.7 Å². The molecule has 3 rings (SSSR count). The highest BCUT2D eigenvalue weighted by molar-refractivity contribution is 7.99. The van der Waals surface area contributed by atoms with Crippen LogP contribution in [-0.2, 0) is 24.1 Å². The zero-order valence-electron chi connectivity index (χ0n) is 14.2. The number of hydrogen-bond donors (Lipinski definition) is 2. The molecule has 0 saturated heterocycles. The molecule has 0 unspecified atom stereocenters. The summed E-state index contributed by atoms with van der Waals surface area (Å²) in [5.74, 6) is 0.189. The van der Waals surface area contributed by atoms with Crippen LogP contribution in [0.3, 0.4) is 0 Å². The van der Waals surface area contributed by atoms with Crippen molar-refractivity contribution in [2.24, 2.45) is 0 Å². The third-order valence-electron chi connectivity index (χ3n) is 4.31. The van der Waals surface area contributed by atoms with E-state index in [-0.39, 0.29) is 23.3 Å². The molecule has 0 atom stereocenters. The van der Waals surface area contributed by atoms with E-state index in [1.807, 2.05) is 12.1 Å². The Morgan fingerprint density at radius 1 is 1.40 bits per heavy atom. The minimum atomic E-state index is -0.165. The fraction of sp³-hybridized carbons (Fsp3) is 0.316. The molecule has 0 saturated carbocycles. The smallest absolute Gasteiger partial charge is 0.255 e. The van der Waals surface area contributed by atoms with Gasteiger partial charge in [0.25, 0.3) is 5.56 Å². The lowest BCUT2D eigenvalue weighted by Crippen LogP contribution is -2.36. The van der Waals surface area contributed by atoms with Gasteiger partial charge in [0.15, 0.2) is 5.16 Å². The summed E-state index contributed by atoms with van der Waals surface area (Å²) in [6.45, 7) is 5.44. The van der Waals surface area contributed by atoms with Crippen molar-refractivity contribution in [1.82, 2.24) is 15.3 Å². The van der Waals surface area contributed by atoms with Crippen LogP contribution in [-0.4, -0.2) is 27.7 Å². The zero-order valence-corrected chi connectivity index (χ0v) is 15.0. The molecular formula is C19H21N3O2S. The van der Waals surface area contributed by atoms with E-state index in [0.29, 0.717) is 22.8 Å². The van der Waals surface area contributed by atoms with E-state index in [2.05, 4.69) is 34.0 Å². The third-order valence-corrected chi connectivity index (χ3v) is 5.18. The van der Waals surface area contributed by atoms with E-state index >= 15 is 0 Å². The second-order valence-electron chi connectivity index (χ2n) is 6.16. The lowest BCUT2D eigenvalue weighted by molar-refractivity contribution is -0.119. The number of hydrogen-bond acceptors (Lipinski definition) is 4. The Labute approximate surface area is 151 Å². The molecule has 0 bridgehead atoms. The first-order valence-electron chi connectivity index (χ1n) is 8.26. The van der Waals surface area contributed by atoms with Gasteiger partial charge in [-0.2, -0.15) is 0 Å². The van der Waals surface area contributed by atoms with Crippen LogP contribution in [0.5, 0.6) is 0 Å².